The largest absolute Gasteiger partial charge is 0.367 e. The summed E-state index contributed by atoms with van der Waals surface area (Å²) in [6, 6.07) is 2.10. The fraction of sp³-hybridized carbons (Fsp3) is 0.722. The molecule has 2 atom stereocenters. The topological polar surface area (TPSA) is 55.6 Å². The van der Waals surface area contributed by atoms with E-state index in [2.05, 4.69) is 23.8 Å². The molecule has 0 radical (unpaired) electrons. The molecule has 1 saturated carbocycles. The Bertz CT molecular complexity index is 511. The molecular weight excluding hydrogens is 308 g/mol. The summed E-state index contributed by atoms with van der Waals surface area (Å²) >= 11 is 1.68. The lowest BCUT2D eigenvalue weighted by Crippen LogP contribution is -2.48. The van der Waals surface area contributed by atoms with Gasteiger partial charge in [-0.3, -0.25) is 4.79 Å². The summed E-state index contributed by atoms with van der Waals surface area (Å²) in [5.74, 6) is 0.257. The minimum absolute atomic E-state index is 0.00846. The molecule has 128 valence electrons. The number of nitrogens with zero attached hydrogens (tertiary/aromatic N) is 1. The minimum atomic E-state index is 0.00846. The van der Waals surface area contributed by atoms with Crippen LogP contribution in [0.2, 0.25) is 0 Å². The van der Waals surface area contributed by atoms with Crippen molar-refractivity contribution in [3.63, 3.8) is 0 Å². The maximum Gasteiger partial charge on any atom is 0.223 e. The third kappa shape index (κ3) is 3.95. The van der Waals surface area contributed by atoms with E-state index in [-0.39, 0.29) is 23.5 Å². The van der Waals surface area contributed by atoms with Crippen molar-refractivity contribution in [2.24, 2.45) is 11.1 Å². The van der Waals surface area contributed by atoms with Crippen molar-refractivity contribution in [2.75, 3.05) is 19.6 Å². The first-order chi connectivity index (χ1) is 11.1. The number of carbonyl (C=O) groups excluding carboxylic acids is 1. The Hall–Kier alpha value is -0.910. The summed E-state index contributed by atoms with van der Waals surface area (Å²) in [5, 5.41) is 4.18. The fourth-order valence-corrected chi connectivity index (χ4v) is 4.69. The highest BCUT2D eigenvalue weighted by atomic mass is 32.1. The maximum absolute atomic E-state index is 12.9. The first-order valence-corrected chi connectivity index (χ1v) is 9.72. The van der Waals surface area contributed by atoms with Crippen LogP contribution in [-0.4, -0.2) is 36.5 Å². The lowest BCUT2D eigenvalue weighted by molar-refractivity contribution is -0.147. The molecule has 4 nitrogen and oxygen atoms in total. The molecule has 3 rings (SSSR count). The molecule has 23 heavy (non-hydrogen) atoms. The summed E-state index contributed by atoms with van der Waals surface area (Å²) in [6.07, 6.45) is 6.60. The second-order valence-corrected chi connectivity index (χ2v) is 8.01. The molecule has 1 saturated heterocycles. The number of hydrogen-bond acceptors (Lipinski definition) is 4. The monoisotopic (exact) mass is 336 g/mol. The molecule has 0 spiro atoms. The fourth-order valence-electron chi connectivity index (χ4n) is 3.98. The van der Waals surface area contributed by atoms with E-state index in [1.54, 1.807) is 11.3 Å². The second-order valence-electron chi connectivity index (χ2n) is 7.23. The number of nitrogens with two attached hydrogens (primary N) is 1. The molecule has 2 aliphatic rings. The van der Waals surface area contributed by atoms with Crippen LogP contribution in [0, 0.1) is 5.41 Å². The van der Waals surface area contributed by atoms with E-state index in [4.69, 9.17) is 10.5 Å². The van der Waals surface area contributed by atoms with E-state index in [1.165, 1.54) is 24.8 Å². The number of hydrogen-bond donors (Lipinski definition) is 1. The predicted molar refractivity (Wildman–Crippen MR) is 93.4 cm³/mol. The van der Waals surface area contributed by atoms with Crippen LogP contribution in [0.4, 0.5) is 0 Å². The summed E-state index contributed by atoms with van der Waals surface area (Å²) in [5.41, 5.74) is 7.28. The Morgan fingerprint density at radius 2 is 2.17 bits per heavy atom. The highest BCUT2D eigenvalue weighted by molar-refractivity contribution is 7.07. The van der Waals surface area contributed by atoms with Gasteiger partial charge in [0.15, 0.2) is 0 Å². The highest BCUT2D eigenvalue weighted by Crippen LogP contribution is 2.39. The van der Waals surface area contributed by atoms with Crippen LogP contribution in [0.3, 0.4) is 0 Å². The predicted octanol–water partition coefficient (Wildman–Crippen LogP) is 3.34. The molecule has 5 heteroatoms. The van der Waals surface area contributed by atoms with Gasteiger partial charge < -0.3 is 15.4 Å². The number of thiophene rings is 1. The van der Waals surface area contributed by atoms with Crippen LogP contribution >= 0.6 is 11.3 Å². The third-order valence-corrected chi connectivity index (χ3v) is 6.10. The van der Waals surface area contributed by atoms with Gasteiger partial charge >= 0.3 is 0 Å². The molecule has 0 bridgehead atoms. The number of amides is 1. The quantitative estimate of drug-likeness (QED) is 0.917. The smallest absolute Gasteiger partial charge is 0.223 e. The van der Waals surface area contributed by atoms with Crippen LogP contribution in [0.15, 0.2) is 16.8 Å². The van der Waals surface area contributed by atoms with Gasteiger partial charge in [-0.25, -0.2) is 0 Å². The molecule has 2 unspecified atom stereocenters. The Labute approximate surface area is 143 Å². The molecule has 1 aliphatic carbocycles. The zero-order chi connectivity index (χ0) is 16.3. The van der Waals surface area contributed by atoms with E-state index >= 15 is 0 Å². The van der Waals surface area contributed by atoms with Gasteiger partial charge in [0.1, 0.15) is 6.10 Å². The van der Waals surface area contributed by atoms with Gasteiger partial charge in [0.05, 0.1) is 12.6 Å². The van der Waals surface area contributed by atoms with Gasteiger partial charge in [0, 0.05) is 13.0 Å². The molecule has 2 N–H and O–H groups in total. The lowest BCUT2D eigenvalue weighted by atomic mass is 9.71. The zero-order valence-electron chi connectivity index (χ0n) is 14.0. The van der Waals surface area contributed by atoms with Crippen molar-refractivity contribution in [2.45, 2.75) is 57.7 Å². The van der Waals surface area contributed by atoms with Crippen molar-refractivity contribution in [3.05, 3.63) is 22.4 Å². The van der Waals surface area contributed by atoms with Crippen molar-refractivity contribution in [1.82, 2.24) is 4.90 Å². The van der Waals surface area contributed by atoms with Gasteiger partial charge in [-0.15, -0.1) is 0 Å². The van der Waals surface area contributed by atoms with Crippen molar-refractivity contribution >= 4 is 17.2 Å². The average molecular weight is 337 g/mol. The highest BCUT2D eigenvalue weighted by Gasteiger charge is 2.36. The van der Waals surface area contributed by atoms with E-state index in [0.717, 1.165) is 12.8 Å². The molecule has 1 amide bonds. The summed E-state index contributed by atoms with van der Waals surface area (Å²) in [4.78, 5) is 14.9. The van der Waals surface area contributed by atoms with Gasteiger partial charge in [0.25, 0.3) is 0 Å². The van der Waals surface area contributed by atoms with Crippen LogP contribution in [-0.2, 0) is 9.53 Å². The Morgan fingerprint density at radius 3 is 2.83 bits per heavy atom. The molecule has 1 aromatic heterocycles. The number of carbonyl (C=O) groups is 1. The Balaban J connectivity index is 1.66. The Morgan fingerprint density at radius 1 is 1.39 bits per heavy atom. The van der Waals surface area contributed by atoms with Crippen LogP contribution in [0.1, 0.15) is 57.1 Å². The summed E-state index contributed by atoms with van der Waals surface area (Å²) in [7, 11) is 0. The summed E-state index contributed by atoms with van der Waals surface area (Å²) < 4.78 is 6.04. The first kappa shape index (κ1) is 16.9. The first-order valence-electron chi connectivity index (χ1n) is 8.77. The molecule has 1 aliphatic heterocycles. The number of morpholine rings is 1. The number of rotatable bonds is 4. The second kappa shape index (κ2) is 7.32. The molecule has 2 heterocycles. The van der Waals surface area contributed by atoms with Crippen molar-refractivity contribution in [1.29, 1.82) is 0 Å². The van der Waals surface area contributed by atoms with E-state index in [1.807, 2.05) is 4.90 Å². The van der Waals surface area contributed by atoms with Gasteiger partial charge in [-0.2, -0.15) is 11.3 Å². The van der Waals surface area contributed by atoms with Gasteiger partial charge in [0.2, 0.25) is 5.91 Å². The molecule has 2 fully saturated rings. The number of ether oxygens (including phenoxy) is 1. The molecular formula is C18H28N2O2S. The third-order valence-electron chi connectivity index (χ3n) is 5.40. The van der Waals surface area contributed by atoms with E-state index < -0.39 is 0 Å². The maximum atomic E-state index is 12.9. The molecule has 1 aromatic rings. The van der Waals surface area contributed by atoms with Gasteiger partial charge in [-0.05, 0) is 54.1 Å². The zero-order valence-corrected chi connectivity index (χ0v) is 14.8. The minimum Gasteiger partial charge on any atom is -0.367 e. The van der Waals surface area contributed by atoms with Crippen molar-refractivity contribution in [3.8, 4) is 0 Å². The van der Waals surface area contributed by atoms with Crippen LogP contribution in [0.25, 0.3) is 0 Å². The lowest BCUT2D eigenvalue weighted by Gasteiger charge is -2.40. The van der Waals surface area contributed by atoms with Crippen molar-refractivity contribution < 1.29 is 9.53 Å². The van der Waals surface area contributed by atoms with Crippen LogP contribution in [0.5, 0.6) is 0 Å². The normalized spacial score (nSPS) is 27.8. The van der Waals surface area contributed by atoms with Crippen LogP contribution < -0.4 is 5.73 Å². The SMILES string of the molecule is CC1CN(C(=O)CC2(CN)CCCCC2)CC(c2ccsc2)O1. The van der Waals surface area contributed by atoms with E-state index in [0.29, 0.717) is 26.1 Å². The molecule has 0 aromatic carbocycles. The van der Waals surface area contributed by atoms with E-state index in [9.17, 15) is 4.79 Å². The standard InChI is InChI=1S/C18H28N2O2S/c1-14-10-20(11-16(22-14)15-5-8-23-12-15)17(21)9-18(13-19)6-3-2-4-7-18/h5,8,12,14,16H,2-4,6-7,9-11,13,19H2,1H3. The average Bonchev–Trinajstić information content (AvgIpc) is 3.09. The van der Waals surface area contributed by atoms with Gasteiger partial charge in [-0.1, -0.05) is 19.3 Å². The summed E-state index contributed by atoms with van der Waals surface area (Å²) in [6.45, 7) is 4.05. The Kier molecular flexibility index (Phi) is 5.39.